The number of carbonyl (C=O) groups excluding carboxylic acids is 1. The minimum Gasteiger partial charge on any atom is -0.340 e. The van der Waals surface area contributed by atoms with E-state index in [1.54, 1.807) is 11.9 Å². The summed E-state index contributed by atoms with van der Waals surface area (Å²) in [6.45, 7) is 4.84. The molecule has 1 amide bonds. The number of nitrogens with zero attached hydrogens (tertiary/aromatic N) is 3. The zero-order valence-corrected chi connectivity index (χ0v) is 18.7. The molecule has 4 nitrogen and oxygen atoms in total. The van der Waals surface area contributed by atoms with Crippen LogP contribution in [0.25, 0.3) is 0 Å². The molecule has 5 heteroatoms. The number of rotatable bonds is 5. The Balaban J connectivity index is 1.47. The molecule has 1 unspecified atom stereocenters. The Kier molecular flexibility index (Phi) is 5.79. The lowest BCUT2D eigenvalue weighted by molar-refractivity contribution is -0.130. The second-order valence-electron chi connectivity index (χ2n) is 8.11. The van der Waals surface area contributed by atoms with E-state index in [2.05, 4.69) is 72.2 Å². The van der Waals surface area contributed by atoms with Gasteiger partial charge in [-0.3, -0.25) is 4.79 Å². The van der Waals surface area contributed by atoms with Crippen LogP contribution in [-0.4, -0.2) is 23.2 Å². The van der Waals surface area contributed by atoms with Crippen molar-refractivity contribution >= 4 is 34.8 Å². The van der Waals surface area contributed by atoms with E-state index in [9.17, 15) is 4.79 Å². The van der Waals surface area contributed by atoms with Gasteiger partial charge in [-0.2, -0.15) is 5.10 Å². The first-order chi connectivity index (χ1) is 15.2. The van der Waals surface area contributed by atoms with Gasteiger partial charge in [0.15, 0.2) is 0 Å². The Morgan fingerprint density at radius 3 is 2.65 bits per heavy atom. The van der Waals surface area contributed by atoms with Crippen LogP contribution in [0.3, 0.4) is 0 Å². The van der Waals surface area contributed by atoms with E-state index in [-0.39, 0.29) is 11.9 Å². The van der Waals surface area contributed by atoms with Crippen molar-refractivity contribution in [3.63, 3.8) is 0 Å². The third-order valence-corrected chi connectivity index (χ3v) is 7.11. The van der Waals surface area contributed by atoms with Crippen molar-refractivity contribution in [1.82, 2.24) is 5.01 Å². The van der Waals surface area contributed by atoms with Gasteiger partial charge in [0, 0.05) is 41.3 Å². The van der Waals surface area contributed by atoms with Crippen LogP contribution in [0.1, 0.15) is 44.7 Å². The van der Waals surface area contributed by atoms with E-state index < -0.39 is 0 Å². The second kappa shape index (κ2) is 8.70. The molecule has 157 valence electrons. The zero-order chi connectivity index (χ0) is 21.4. The lowest BCUT2D eigenvalue weighted by Crippen LogP contribution is -2.25. The average molecular weight is 429 g/mol. The monoisotopic (exact) mass is 428 g/mol. The lowest BCUT2D eigenvalue weighted by Gasteiger charge is -2.33. The minimum absolute atomic E-state index is 0.0214. The molecule has 1 atom stereocenters. The summed E-state index contributed by atoms with van der Waals surface area (Å²) in [4.78, 5) is 17.3. The number of unbranched alkanes of at least 4 members (excludes halogenated alkanes) is 1. The van der Waals surface area contributed by atoms with E-state index in [0.717, 1.165) is 43.0 Å². The van der Waals surface area contributed by atoms with Crippen LogP contribution >= 0.6 is 11.8 Å². The van der Waals surface area contributed by atoms with Crippen molar-refractivity contribution in [2.24, 2.45) is 5.10 Å². The van der Waals surface area contributed by atoms with Gasteiger partial charge < -0.3 is 4.90 Å². The van der Waals surface area contributed by atoms with E-state index in [1.165, 1.54) is 21.2 Å². The van der Waals surface area contributed by atoms with E-state index in [0.29, 0.717) is 0 Å². The fourth-order valence-electron chi connectivity index (χ4n) is 4.42. The molecular weight excluding hydrogens is 402 g/mol. The summed E-state index contributed by atoms with van der Waals surface area (Å²) in [6, 6.07) is 15.2. The van der Waals surface area contributed by atoms with Crippen molar-refractivity contribution in [3.8, 4) is 0 Å². The molecule has 1 saturated carbocycles. The fraction of sp³-hybridized carbons (Fsp3) is 0.269. The van der Waals surface area contributed by atoms with Gasteiger partial charge in [-0.1, -0.05) is 43.3 Å². The molecule has 1 fully saturated rings. The van der Waals surface area contributed by atoms with Crippen molar-refractivity contribution in [1.29, 1.82) is 0 Å². The molecule has 0 saturated heterocycles. The van der Waals surface area contributed by atoms with Crippen LogP contribution in [0.15, 0.2) is 57.4 Å². The first-order valence-corrected chi connectivity index (χ1v) is 11.7. The maximum Gasteiger partial charge on any atom is 0.240 e. The highest BCUT2D eigenvalue weighted by molar-refractivity contribution is 7.99. The highest BCUT2D eigenvalue weighted by atomic mass is 32.2. The first kappa shape index (κ1) is 20.6. The molecule has 0 N–H and O–H groups in total. The predicted octanol–water partition coefficient (Wildman–Crippen LogP) is 6.14. The normalized spacial score (nSPS) is 20.6. The van der Waals surface area contributed by atoms with E-state index in [4.69, 9.17) is 0 Å². The highest BCUT2D eigenvalue weighted by Gasteiger charge is 2.36. The SMILES string of the molecule is CCCCN1c2ccccc2Sc2cc(C3CC([C]4[CH][CH][CH][CH]4)=NN3C(C)=O)ccc21. The summed E-state index contributed by atoms with van der Waals surface area (Å²) in [5.41, 5.74) is 4.66. The van der Waals surface area contributed by atoms with Crippen molar-refractivity contribution in [2.45, 2.75) is 48.9 Å². The minimum atomic E-state index is -0.0606. The lowest BCUT2D eigenvalue weighted by atomic mass is 9.93. The van der Waals surface area contributed by atoms with Crippen LogP contribution in [-0.2, 0) is 4.79 Å². The Morgan fingerprint density at radius 2 is 1.87 bits per heavy atom. The number of carbonyl (C=O) groups is 1. The summed E-state index contributed by atoms with van der Waals surface area (Å²) in [5, 5.41) is 6.33. The number of amides is 1. The van der Waals surface area contributed by atoms with Crippen molar-refractivity contribution < 1.29 is 4.79 Å². The van der Waals surface area contributed by atoms with Crippen molar-refractivity contribution in [2.75, 3.05) is 11.4 Å². The summed E-state index contributed by atoms with van der Waals surface area (Å²) in [6.07, 6.45) is 11.2. The Bertz CT molecular complexity index is 1010. The number of hydrogen-bond donors (Lipinski definition) is 0. The number of anilines is 2. The number of fused-ring (bicyclic) bond motifs is 2. The van der Waals surface area contributed by atoms with Crippen LogP contribution < -0.4 is 4.90 Å². The zero-order valence-electron chi connectivity index (χ0n) is 17.9. The summed E-state index contributed by atoms with van der Waals surface area (Å²) >= 11 is 1.82. The molecule has 2 aliphatic heterocycles. The molecule has 5 radical (unpaired) electrons. The molecule has 0 bridgehead atoms. The van der Waals surface area contributed by atoms with Crippen molar-refractivity contribution in [3.05, 3.63) is 79.6 Å². The van der Waals surface area contributed by atoms with Gasteiger partial charge >= 0.3 is 0 Å². The topological polar surface area (TPSA) is 35.9 Å². The van der Waals surface area contributed by atoms with Gasteiger partial charge in [-0.25, -0.2) is 5.01 Å². The third kappa shape index (κ3) is 3.89. The van der Waals surface area contributed by atoms with Gasteiger partial charge in [-0.05, 0) is 61.9 Å². The second-order valence-corrected chi connectivity index (χ2v) is 9.19. The Hall–Kier alpha value is -2.27. The Morgan fingerprint density at radius 1 is 1.10 bits per heavy atom. The van der Waals surface area contributed by atoms with Gasteiger partial charge in [-0.15, -0.1) is 0 Å². The number of hydrazone groups is 1. The number of para-hydroxylation sites is 1. The van der Waals surface area contributed by atoms with Crippen LogP contribution in [0.5, 0.6) is 0 Å². The van der Waals surface area contributed by atoms with E-state index in [1.807, 2.05) is 24.6 Å². The molecule has 0 aromatic heterocycles. The van der Waals surface area contributed by atoms with Gasteiger partial charge in [0.25, 0.3) is 0 Å². The average Bonchev–Trinajstić information content (AvgIpc) is 3.46. The van der Waals surface area contributed by atoms with Crippen LogP contribution in [0.2, 0.25) is 0 Å². The van der Waals surface area contributed by atoms with Gasteiger partial charge in [0.2, 0.25) is 5.91 Å². The van der Waals surface area contributed by atoms with Gasteiger partial charge in [0.1, 0.15) is 0 Å². The maximum absolute atomic E-state index is 12.4. The maximum atomic E-state index is 12.4. The quantitative estimate of drug-likeness (QED) is 0.573. The molecule has 3 aliphatic rings. The summed E-state index contributed by atoms with van der Waals surface area (Å²) in [7, 11) is 0. The summed E-state index contributed by atoms with van der Waals surface area (Å²) < 4.78 is 0. The Labute approximate surface area is 189 Å². The van der Waals surface area contributed by atoms with Gasteiger partial charge in [0.05, 0.1) is 17.4 Å². The predicted molar refractivity (Wildman–Crippen MR) is 127 cm³/mol. The molecule has 1 aliphatic carbocycles. The fourth-order valence-corrected chi connectivity index (χ4v) is 5.56. The molecule has 31 heavy (non-hydrogen) atoms. The highest BCUT2D eigenvalue weighted by Crippen LogP contribution is 2.49. The molecule has 5 rings (SSSR count). The number of benzene rings is 2. The number of hydrogen-bond acceptors (Lipinski definition) is 4. The molecule has 2 aromatic carbocycles. The molecule has 2 heterocycles. The third-order valence-electron chi connectivity index (χ3n) is 6.00. The largest absolute Gasteiger partial charge is 0.340 e. The standard InChI is InChI=1S/C26H26N3OS/c1-3-4-15-28-22-11-7-8-12-25(22)31-26-16-20(13-14-23(26)28)24-17-21(19-9-5-6-10-19)27-29(24)18(2)30/h5-14,16,24H,3-4,15,17H2,1-2H3. The van der Waals surface area contributed by atoms with E-state index >= 15 is 0 Å². The molecular formula is C26H26N3OS. The smallest absolute Gasteiger partial charge is 0.240 e. The van der Waals surface area contributed by atoms with Crippen LogP contribution in [0.4, 0.5) is 11.4 Å². The first-order valence-electron chi connectivity index (χ1n) is 10.9. The molecule has 2 aromatic rings. The van der Waals surface area contributed by atoms with Crippen LogP contribution in [0, 0.1) is 31.6 Å². The molecule has 0 spiro atoms. The summed E-state index contributed by atoms with van der Waals surface area (Å²) in [5.74, 6) is 1.08.